The van der Waals surface area contributed by atoms with Gasteiger partial charge in [-0.05, 0) is 83.5 Å². The molecule has 4 saturated carbocycles. The van der Waals surface area contributed by atoms with Crippen LogP contribution in [0.4, 0.5) is 18.9 Å². The molecule has 3 N–H and O–H groups in total. The average Bonchev–Trinajstić information content (AvgIpc) is 2.47. The molecule has 1 aromatic rings. The van der Waals surface area contributed by atoms with Crippen molar-refractivity contribution >= 4 is 37.5 Å². The molecule has 0 heterocycles. The zero-order chi connectivity index (χ0) is 18.0. The van der Waals surface area contributed by atoms with Crippen molar-refractivity contribution in [2.24, 2.45) is 23.7 Å². The van der Waals surface area contributed by atoms with E-state index < -0.39 is 17.6 Å². The van der Waals surface area contributed by atoms with Gasteiger partial charge in [0.1, 0.15) is 0 Å². The summed E-state index contributed by atoms with van der Waals surface area (Å²) in [6, 6.07) is 3.73. The summed E-state index contributed by atoms with van der Waals surface area (Å²) in [5.41, 5.74) is 6.71. The first-order valence-electron chi connectivity index (χ1n) is 8.73. The third-order valence-corrected chi connectivity index (χ3v) is 7.59. The van der Waals surface area contributed by atoms with E-state index in [1.54, 1.807) is 0 Å². The lowest BCUT2D eigenvalue weighted by molar-refractivity contribution is -0.250. The lowest BCUT2D eigenvalue weighted by Crippen LogP contribution is -2.67. The second-order valence-corrected chi connectivity index (χ2v) is 9.87. The SMILES string of the molecule is Nc1c(Br)cc(Br)cc1CNC12CC3CC(CC(C3)C1C(F)(F)F)C2. The number of hydrogen-bond acceptors (Lipinski definition) is 2. The molecule has 5 rings (SSSR count). The standard InChI is InChI=1S/C18H21Br2F3N2/c19-13-4-12(15(24)14(20)5-13)8-25-17-6-9-1-10(7-17)3-11(2-9)16(17)18(21,22)23/h4-5,9-11,16,25H,1-3,6-8,24H2. The first-order chi connectivity index (χ1) is 11.7. The van der Waals surface area contributed by atoms with Crippen molar-refractivity contribution in [2.75, 3.05) is 5.73 Å². The van der Waals surface area contributed by atoms with Gasteiger partial charge in [-0.3, -0.25) is 0 Å². The summed E-state index contributed by atoms with van der Waals surface area (Å²) in [6.45, 7) is 0.364. The third-order valence-electron chi connectivity index (χ3n) is 6.47. The minimum absolute atomic E-state index is 0.217. The number of alkyl halides is 3. The number of halogens is 5. The first-order valence-corrected chi connectivity index (χ1v) is 10.3. The van der Waals surface area contributed by atoms with Crippen LogP contribution in [0, 0.1) is 23.7 Å². The highest BCUT2D eigenvalue weighted by atomic mass is 79.9. The molecule has 3 atom stereocenters. The van der Waals surface area contributed by atoms with Gasteiger partial charge in [-0.2, -0.15) is 13.2 Å². The van der Waals surface area contributed by atoms with Crippen molar-refractivity contribution in [2.45, 2.75) is 50.4 Å². The summed E-state index contributed by atoms with van der Waals surface area (Å²) in [5.74, 6) is -0.569. The molecule has 0 amide bonds. The van der Waals surface area contributed by atoms with Gasteiger partial charge in [-0.15, -0.1) is 0 Å². The first kappa shape index (κ1) is 18.1. The van der Waals surface area contributed by atoms with Crippen LogP contribution in [-0.4, -0.2) is 11.7 Å². The number of rotatable bonds is 3. The Bertz CT molecular complexity index is 678. The van der Waals surface area contributed by atoms with Gasteiger partial charge >= 0.3 is 6.18 Å². The normalized spacial score (nSPS) is 36.8. The number of benzene rings is 1. The lowest BCUT2D eigenvalue weighted by Gasteiger charge is -2.61. The summed E-state index contributed by atoms with van der Waals surface area (Å²) in [5, 5.41) is 3.35. The molecule has 138 valence electrons. The molecule has 0 spiro atoms. The fourth-order valence-corrected chi connectivity index (χ4v) is 7.24. The highest BCUT2D eigenvalue weighted by molar-refractivity contribution is 9.11. The maximum absolute atomic E-state index is 13.9. The van der Waals surface area contributed by atoms with E-state index in [2.05, 4.69) is 37.2 Å². The molecular formula is C18H21Br2F3N2. The molecule has 0 aromatic heterocycles. The van der Waals surface area contributed by atoms with E-state index in [0.717, 1.165) is 33.8 Å². The molecule has 4 aliphatic rings. The highest BCUT2D eigenvalue weighted by Crippen LogP contribution is 2.62. The minimum Gasteiger partial charge on any atom is -0.398 e. The molecule has 4 fully saturated rings. The largest absolute Gasteiger partial charge is 0.398 e. The Balaban J connectivity index is 1.63. The number of nitrogens with one attached hydrogen (secondary N) is 1. The maximum Gasteiger partial charge on any atom is 0.393 e. The fraction of sp³-hybridized carbons (Fsp3) is 0.667. The summed E-state index contributed by atoms with van der Waals surface area (Å²) in [6.07, 6.45) is -0.273. The van der Waals surface area contributed by atoms with Crippen LogP contribution in [0.2, 0.25) is 0 Å². The van der Waals surface area contributed by atoms with Crippen LogP contribution in [-0.2, 0) is 6.54 Å². The van der Waals surface area contributed by atoms with Gasteiger partial charge in [-0.1, -0.05) is 15.9 Å². The van der Waals surface area contributed by atoms with Crippen LogP contribution in [0.3, 0.4) is 0 Å². The Morgan fingerprint density at radius 2 is 1.76 bits per heavy atom. The van der Waals surface area contributed by atoms with Crippen molar-refractivity contribution in [1.29, 1.82) is 0 Å². The van der Waals surface area contributed by atoms with Crippen LogP contribution in [0.5, 0.6) is 0 Å². The van der Waals surface area contributed by atoms with Crippen molar-refractivity contribution in [3.8, 4) is 0 Å². The Hall–Kier alpha value is -0.270. The van der Waals surface area contributed by atoms with Crippen LogP contribution in [0.1, 0.15) is 37.7 Å². The number of nitrogens with two attached hydrogens (primary N) is 1. The maximum atomic E-state index is 13.9. The monoisotopic (exact) mass is 480 g/mol. The Kier molecular flexibility index (Phi) is 4.44. The minimum atomic E-state index is -4.14. The molecule has 2 nitrogen and oxygen atoms in total. The van der Waals surface area contributed by atoms with E-state index in [1.165, 1.54) is 0 Å². The zero-order valence-corrected chi connectivity index (χ0v) is 16.8. The van der Waals surface area contributed by atoms with Crippen molar-refractivity contribution in [1.82, 2.24) is 5.32 Å². The van der Waals surface area contributed by atoms with Gasteiger partial charge in [0.2, 0.25) is 0 Å². The van der Waals surface area contributed by atoms with E-state index in [-0.39, 0.29) is 5.92 Å². The molecule has 0 saturated heterocycles. The van der Waals surface area contributed by atoms with Crippen LogP contribution in [0.25, 0.3) is 0 Å². The van der Waals surface area contributed by atoms with E-state index in [0.29, 0.717) is 36.9 Å². The van der Waals surface area contributed by atoms with Crippen LogP contribution < -0.4 is 11.1 Å². The lowest BCUT2D eigenvalue weighted by atomic mass is 9.48. The van der Waals surface area contributed by atoms with Crippen molar-refractivity contribution < 1.29 is 13.2 Å². The summed E-state index contributed by atoms with van der Waals surface area (Å²) >= 11 is 6.84. The molecule has 1 aromatic carbocycles. The van der Waals surface area contributed by atoms with Gasteiger partial charge in [0.05, 0.1) is 11.6 Å². The zero-order valence-electron chi connectivity index (χ0n) is 13.7. The molecule has 7 heteroatoms. The summed E-state index contributed by atoms with van der Waals surface area (Å²) < 4.78 is 43.3. The molecule has 4 bridgehead atoms. The van der Waals surface area contributed by atoms with Gasteiger partial charge in [0.25, 0.3) is 0 Å². The van der Waals surface area contributed by atoms with E-state index in [4.69, 9.17) is 5.73 Å². The Morgan fingerprint density at radius 3 is 2.36 bits per heavy atom. The van der Waals surface area contributed by atoms with E-state index >= 15 is 0 Å². The predicted molar refractivity (Wildman–Crippen MR) is 98.9 cm³/mol. The number of anilines is 1. The quantitative estimate of drug-likeness (QED) is 0.548. The van der Waals surface area contributed by atoms with Crippen molar-refractivity contribution in [3.05, 3.63) is 26.6 Å². The molecule has 0 aliphatic heterocycles. The molecule has 0 radical (unpaired) electrons. The van der Waals surface area contributed by atoms with Gasteiger partial charge in [0.15, 0.2) is 0 Å². The Labute approximate surface area is 162 Å². The van der Waals surface area contributed by atoms with E-state index in [1.807, 2.05) is 12.1 Å². The topological polar surface area (TPSA) is 38.0 Å². The smallest absolute Gasteiger partial charge is 0.393 e. The second kappa shape index (κ2) is 6.13. The molecule has 3 unspecified atom stereocenters. The number of hydrogen-bond donors (Lipinski definition) is 2. The summed E-state index contributed by atoms with van der Waals surface area (Å²) in [4.78, 5) is 0. The van der Waals surface area contributed by atoms with E-state index in [9.17, 15) is 13.2 Å². The highest BCUT2D eigenvalue weighted by Gasteiger charge is 2.64. The van der Waals surface area contributed by atoms with Crippen molar-refractivity contribution in [3.63, 3.8) is 0 Å². The predicted octanol–water partition coefficient (Wildman–Crippen LogP) is 5.64. The second-order valence-electron chi connectivity index (χ2n) is 8.10. The Morgan fingerprint density at radius 1 is 1.12 bits per heavy atom. The molecular weight excluding hydrogens is 461 g/mol. The number of nitrogen functional groups attached to an aromatic ring is 1. The average molecular weight is 482 g/mol. The van der Waals surface area contributed by atoms with Crippen LogP contribution in [0.15, 0.2) is 21.1 Å². The molecule has 4 aliphatic carbocycles. The fourth-order valence-electron chi connectivity index (χ4n) is 5.93. The molecule has 25 heavy (non-hydrogen) atoms. The van der Waals surface area contributed by atoms with Gasteiger partial charge in [0, 0.05) is 21.0 Å². The van der Waals surface area contributed by atoms with Gasteiger partial charge in [-0.25, -0.2) is 0 Å². The third kappa shape index (κ3) is 3.14. The van der Waals surface area contributed by atoms with Crippen LogP contribution >= 0.6 is 31.9 Å². The van der Waals surface area contributed by atoms with Gasteiger partial charge < -0.3 is 11.1 Å². The summed E-state index contributed by atoms with van der Waals surface area (Å²) in [7, 11) is 0.